The topological polar surface area (TPSA) is 42.2 Å². The van der Waals surface area contributed by atoms with Gasteiger partial charge in [0.2, 0.25) is 0 Å². The van der Waals surface area contributed by atoms with E-state index in [-0.39, 0.29) is 0 Å². The zero-order chi connectivity index (χ0) is 14.1. The highest BCUT2D eigenvalue weighted by molar-refractivity contribution is 5.83. The smallest absolute Gasteiger partial charge is 0.181 e. The van der Waals surface area contributed by atoms with Crippen LogP contribution in [0, 0.1) is 0 Å². The second-order valence-electron chi connectivity index (χ2n) is 5.45. The van der Waals surface area contributed by atoms with Crippen molar-refractivity contribution in [1.82, 2.24) is 9.97 Å². The molecule has 4 nitrogen and oxygen atoms in total. The average molecular weight is 279 g/mol. The van der Waals surface area contributed by atoms with Crippen molar-refractivity contribution in [2.45, 2.75) is 19.3 Å². The molecule has 0 amide bonds. The normalized spacial score (nSPS) is 15.5. The van der Waals surface area contributed by atoms with E-state index in [1.165, 1.54) is 31.3 Å². The maximum absolute atomic E-state index is 5.31. The van der Waals surface area contributed by atoms with Crippen molar-refractivity contribution in [3.8, 4) is 11.3 Å². The van der Waals surface area contributed by atoms with Crippen molar-refractivity contribution in [2.24, 2.45) is 0 Å². The number of oxazole rings is 1. The van der Waals surface area contributed by atoms with Crippen LogP contribution in [0.3, 0.4) is 0 Å². The molecule has 0 atom stereocenters. The van der Waals surface area contributed by atoms with E-state index in [0.717, 1.165) is 35.4 Å². The van der Waals surface area contributed by atoms with E-state index < -0.39 is 0 Å². The molecule has 0 aliphatic carbocycles. The summed E-state index contributed by atoms with van der Waals surface area (Å²) in [5.41, 5.74) is 5.04. The van der Waals surface area contributed by atoms with Gasteiger partial charge >= 0.3 is 0 Å². The predicted molar refractivity (Wildman–Crippen MR) is 83.3 cm³/mol. The second-order valence-corrected chi connectivity index (χ2v) is 5.45. The highest BCUT2D eigenvalue weighted by Crippen LogP contribution is 2.31. The van der Waals surface area contributed by atoms with Crippen LogP contribution < -0.4 is 4.90 Å². The van der Waals surface area contributed by atoms with Crippen LogP contribution in [0.5, 0.6) is 0 Å². The van der Waals surface area contributed by atoms with Crippen molar-refractivity contribution in [2.75, 3.05) is 18.0 Å². The summed E-state index contributed by atoms with van der Waals surface area (Å²) in [6, 6.07) is 10.3. The predicted octanol–water partition coefficient (Wildman–Crippen LogP) is 3.88. The van der Waals surface area contributed by atoms with Crippen molar-refractivity contribution < 1.29 is 4.42 Å². The Balaban J connectivity index is 1.79. The summed E-state index contributed by atoms with van der Waals surface area (Å²) in [7, 11) is 0. The fourth-order valence-electron chi connectivity index (χ4n) is 3.01. The van der Waals surface area contributed by atoms with Gasteiger partial charge in [-0.2, -0.15) is 0 Å². The first-order valence-corrected chi connectivity index (χ1v) is 7.45. The number of nitrogens with zero attached hydrogens (tertiary/aromatic N) is 3. The molecule has 2 aromatic heterocycles. The van der Waals surface area contributed by atoms with Crippen LogP contribution in [-0.2, 0) is 0 Å². The van der Waals surface area contributed by atoms with E-state index in [2.05, 4.69) is 33.1 Å². The van der Waals surface area contributed by atoms with E-state index in [1.54, 1.807) is 0 Å². The minimum absolute atomic E-state index is 0.814. The van der Waals surface area contributed by atoms with Crippen molar-refractivity contribution in [3.05, 3.63) is 42.9 Å². The summed E-state index contributed by atoms with van der Waals surface area (Å²) < 4.78 is 5.31. The molecular formula is C17H17N3O. The summed E-state index contributed by atoms with van der Waals surface area (Å²) in [5.74, 6) is 0. The molecule has 4 rings (SSSR count). The van der Waals surface area contributed by atoms with E-state index in [1.807, 2.05) is 18.3 Å². The molecule has 0 radical (unpaired) electrons. The third-order valence-electron chi connectivity index (χ3n) is 4.09. The SMILES string of the molecule is c1cnc(-c2ccc3ocnc3c2)c(N2CCCCC2)c1. The van der Waals surface area contributed by atoms with Gasteiger partial charge in [0.15, 0.2) is 12.0 Å². The quantitative estimate of drug-likeness (QED) is 0.714. The van der Waals surface area contributed by atoms with Crippen LogP contribution in [0.15, 0.2) is 47.3 Å². The van der Waals surface area contributed by atoms with Gasteiger partial charge in [-0.3, -0.25) is 4.98 Å². The van der Waals surface area contributed by atoms with E-state index >= 15 is 0 Å². The Kier molecular flexibility index (Phi) is 3.07. The number of benzene rings is 1. The van der Waals surface area contributed by atoms with Crippen LogP contribution >= 0.6 is 0 Å². The Hall–Kier alpha value is -2.36. The van der Waals surface area contributed by atoms with Crippen molar-refractivity contribution in [3.63, 3.8) is 0 Å². The van der Waals surface area contributed by atoms with Crippen molar-refractivity contribution >= 4 is 16.8 Å². The van der Waals surface area contributed by atoms with E-state index in [9.17, 15) is 0 Å². The van der Waals surface area contributed by atoms with Crippen LogP contribution in [0.4, 0.5) is 5.69 Å². The molecule has 1 fully saturated rings. The molecule has 0 spiro atoms. The lowest BCUT2D eigenvalue weighted by Crippen LogP contribution is -2.29. The lowest BCUT2D eigenvalue weighted by atomic mass is 10.1. The Bertz CT molecular complexity index is 759. The van der Waals surface area contributed by atoms with Crippen LogP contribution in [-0.4, -0.2) is 23.1 Å². The molecular weight excluding hydrogens is 262 g/mol. The average Bonchev–Trinajstić information content (AvgIpc) is 3.03. The zero-order valence-electron chi connectivity index (χ0n) is 11.8. The molecule has 0 unspecified atom stereocenters. The van der Waals surface area contributed by atoms with Gasteiger partial charge in [-0.05, 0) is 49.6 Å². The number of aromatic nitrogens is 2. The Morgan fingerprint density at radius 2 is 1.90 bits per heavy atom. The molecule has 21 heavy (non-hydrogen) atoms. The fourth-order valence-corrected chi connectivity index (χ4v) is 3.01. The largest absolute Gasteiger partial charge is 0.443 e. The van der Waals surface area contributed by atoms with Crippen LogP contribution in [0.2, 0.25) is 0 Å². The van der Waals surface area contributed by atoms with Gasteiger partial charge in [0.05, 0.1) is 11.4 Å². The van der Waals surface area contributed by atoms with Gasteiger partial charge in [0.25, 0.3) is 0 Å². The highest BCUT2D eigenvalue weighted by atomic mass is 16.3. The summed E-state index contributed by atoms with van der Waals surface area (Å²) in [6.45, 7) is 2.23. The number of rotatable bonds is 2. The van der Waals surface area contributed by atoms with Gasteiger partial charge < -0.3 is 9.32 Å². The number of hydrogen-bond donors (Lipinski definition) is 0. The summed E-state index contributed by atoms with van der Waals surface area (Å²) in [6.07, 6.45) is 7.19. The molecule has 1 aromatic carbocycles. The lowest BCUT2D eigenvalue weighted by molar-refractivity contribution is 0.578. The summed E-state index contributed by atoms with van der Waals surface area (Å²) >= 11 is 0. The molecule has 0 N–H and O–H groups in total. The second kappa shape index (κ2) is 5.20. The van der Waals surface area contributed by atoms with Gasteiger partial charge in [0.1, 0.15) is 5.52 Å². The minimum atomic E-state index is 0.814. The Morgan fingerprint density at radius 1 is 1.00 bits per heavy atom. The van der Waals surface area contributed by atoms with E-state index in [0.29, 0.717) is 0 Å². The fraction of sp³-hybridized carbons (Fsp3) is 0.294. The highest BCUT2D eigenvalue weighted by Gasteiger charge is 2.16. The summed E-state index contributed by atoms with van der Waals surface area (Å²) in [5, 5.41) is 0. The van der Waals surface area contributed by atoms with Crippen LogP contribution in [0.1, 0.15) is 19.3 Å². The number of hydrogen-bond acceptors (Lipinski definition) is 4. The first-order valence-electron chi connectivity index (χ1n) is 7.45. The molecule has 106 valence electrons. The molecule has 3 heterocycles. The standard InChI is InChI=1S/C17H17N3O/c1-2-9-20(10-3-1)15-5-4-8-18-17(15)13-6-7-16-14(11-13)19-12-21-16/h4-8,11-12H,1-3,9-10H2. The van der Waals surface area contributed by atoms with Gasteiger partial charge in [-0.15, -0.1) is 0 Å². The maximum atomic E-state index is 5.31. The monoisotopic (exact) mass is 279 g/mol. The van der Waals surface area contributed by atoms with Crippen molar-refractivity contribution in [1.29, 1.82) is 0 Å². The number of piperidine rings is 1. The molecule has 1 aliphatic heterocycles. The first-order chi connectivity index (χ1) is 10.4. The zero-order valence-corrected chi connectivity index (χ0v) is 11.8. The van der Waals surface area contributed by atoms with Gasteiger partial charge in [0, 0.05) is 24.8 Å². The molecule has 3 aromatic rings. The number of fused-ring (bicyclic) bond motifs is 1. The first kappa shape index (κ1) is 12.4. The molecule has 1 saturated heterocycles. The number of anilines is 1. The third-order valence-corrected chi connectivity index (χ3v) is 4.09. The Morgan fingerprint density at radius 3 is 2.81 bits per heavy atom. The molecule has 0 bridgehead atoms. The maximum Gasteiger partial charge on any atom is 0.181 e. The molecule has 0 saturated carbocycles. The van der Waals surface area contributed by atoms with Crippen LogP contribution in [0.25, 0.3) is 22.4 Å². The minimum Gasteiger partial charge on any atom is -0.443 e. The third kappa shape index (κ3) is 2.27. The van der Waals surface area contributed by atoms with Gasteiger partial charge in [-0.25, -0.2) is 4.98 Å². The van der Waals surface area contributed by atoms with Gasteiger partial charge in [-0.1, -0.05) is 0 Å². The van der Waals surface area contributed by atoms with E-state index in [4.69, 9.17) is 4.42 Å². The Labute approximate surface area is 123 Å². The molecule has 1 aliphatic rings. The lowest BCUT2D eigenvalue weighted by Gasteiger charge is -2.30. The number of pyridine rings is 1. The summed E-state index contributed by atoms with van der Waals surface area (Å²) in [4.78, 5) is 11.3. The molecule has 4 heteroatoms.